The maximum absolute atomic E-state index is 6.23. The fourth-order valence-corrected chi connectivity index (χ4v) is 4.29. The summed E-state index contributed by atoms with van der Waals surface area (Å²) in [7, 11) is -0.897. The van der Waals surface area contributed by atoms with Crippen LogP contribution in [0.1, 0.15) is 27.2 Å². The predicted octanol–water partition coefficient (Wildman–Crippen LogP) is 2.24. The quantitative estimate of drug-likeness (QED) is 0.462. The van der Waals surface area contributed by atoms with E-state index in [0.29, 0.717) is 0 Å². The first-order chi connectivity index (χ1) is 5.24. The smallest absolute Gasteiger partial charge is 0.154 e. The second-order valence-corrected chi connectivity index (χ2v) is 6.86. The average Bonchev–Trinajstić information content (AvgIpc) is 2.01. The molecule has 0 aromatic carbocycles. The van der Waals surface area contributed by atoms with Gasteiger partial charge in [0, 0.05) is 6.17 Å². The van der Waals surface area contributed by atoms with Crippen LogP contribution in [0.4, 0.5) is 0 Å². The van der Waals surface area contributed by atoms with E-state index in [2.05, 4.69) is 25.7 Å². The maximum atomic E-state index is 6.23. The van der Waals surface area contributed by atoms with Gasteiger partial charge in [-0.3, -0.25) is 0 Å². The van der Waals surface area contributed by atoms with Crippen LogP contribution < -0.4 is 0 Å². The van der Waals surface area contributed by atoms with Crippen molar-refractivity contribution in [1.82, 2.24) is 4.90 Å². The molecule has 3 heteroatoms. The minimum atomic E-state index is -0.897. The molecule has 0 fully saturated rings. The zero-order valence-electron chi connectivity index (χ0n) is 7.94. The minimum Gasteiger partial charge on any atom is -0.306 e. The summed E-state index contributed by atoms with van der Waals surface area (Å²) >= 11 is 6.23. The highest BCUT2D eigenvalue weighted by atomic mass is 35.6. The first-order valence-corrected chi connectivity index (χ1v) is 7.98. The third-order valence-electron chi connectivity index (χ3n) is 1.95. The summed E-state index contributed by atoms with van der Waals surface area (Å²) < 4.78 is 0. The molecule has 0 saturated heterocycles. The van der Waals surface area contributed by atoms with Crippen molar-refractivity contribution in [2.75, 3.05) is 19.3 Å². The van der Waals surface area contributed by atoms with Crippen LogP contribution in [0.15, 0.2) is 0 Å². The van der Waals surface area contributed by atoms with Crippen molar-refractivity contribution in [2.24, 2.45) is 0 Å². The Morgan fingerprint density at radius 1 is 1.18 bits per heavy atom. The molecule has 1 unspecified atom stereocenters. The summed E-state index contributed by atoms with van der Waals surface area (Å²) in [4.78, 5) is 2.43. The van der Waals surface area contributed by atoms with Gasteiger partial charge in [0.2, 0.25) is 0 Å². The molecule has 0 aromatic rings. The van der Waals surface area contributed by atoms with Gasteiger partial charge < -0.3 is 4.90 Å². The monoisotopic (exact) mass is 193 g/mol. The van der Waals surface area contributed by atoms with Crippen molar-refractivity contribution in [1.29, 1.82) is 0 Å². The van der Waals surface area contributed by atoms with Crippen LogP contribution >= 0.6 is 11.1 Å². The summed E-state index contributed by atoms with van der Waals surface area (Å²) in [5.74, 6) is 0. The van der Waals surface area contributed by atoms with Crippen LogP contribution in [-0.2, 0) is 0 Å². The van der Waals surface area contributed by atoms with Gasteiger partial charge >= 0.3 is 0 Å². The fourth-order valence-electron chi connectivity index (χ4n) is 1.17. The highest BCUT2D eigenvalue weighted by Gasteiger charge is 2.09. The molecular weight excluding hydrogens is 174 g/mol. The van der Waals surface area contributed by atoms with Gasteiger partial charge in [0.15, 0.2) is 8.11 Å². The topological polar surface area (TPSA) is 3.24 Å². The number of nitrogens with zero attached hydrogens (tertiary/aromatic N) is 1. The van der Waals surface area contributed by atoms with Gasteiger partial charge in [0.05, 0.1) is 0 Å². The molecule has 0 saturated carbocycles. The number of hydrogen-bond acceptors (Lipinski definition) is 1. The van der Waals surface area contributed by atoms with Crippen molar-refractivity contribution in [3.05, 3.63) is 0 Å². The third-order valence-corrected chi connectivity index (χ3v) is 5.14. The molecule has 0 aliphatic carbocycles. The third kappa shape index (κ3) is 5.71. The number of hydrogen-bond donors (Lipinski definition) is 0. The van der Waals surface area contributed by atoms with Gasteiger partial charge in [-0.2, -0.15) is 11.1 Å². The van der Waals surface area contributed by atoms with E-state index in [0.717, 1.165) is 13.1 Å². The van der Waals surface area contributed by atoms with Gasteiger partial charge in [-0.1, -0.05) is 27.2 Å². The van der Waals surface area contributed by atoms with Gasteiger partial charge in [-0.25, -0.2) is 0 Å². The molecule has 0 heterocycles. The predicted molar refractivity (Wildman–Crippen MR) is 55.9 cm³/mol. The van der Waals surface area contributed by atoms with Crippen LogP contribution in [0.25, 0.3) is 0 Å². The van der Waals surface area contributed by atoms with E-state index >= 15 is 0 Å². The van der Waals surface area contributed by atoms with Crippen LogP contribution in [0, 0.1) is 0 Å². The van der Waals surface area contributed by atoms with Crippen molar-refractivity contribution in [3.63, 3.8) is 0 Å². The molecule has 0 rings (SSSR count). The molecule has 0 aromatic heterocycles. The number of halogens is 1. The van der Waals surface area contributed by atoms with E-state index in [9.17, 15) is 0 Å². The lowest BCUT2D eigenvalue weighted by Gasteiger charge is -2.19. The Morgan fingerprint density at radius 3 is 2.09 bits per heavy atom. The van der Waals surface area contributed by atoms with Crippen molar-refractivity contribution >= 4 is 19.2 Å². The molecule has 1 atom stereocenters. The lowest BCUT2D eigenvalue weighted by atomic mass is 10.6. The van der Waals surface area contributed by atoms with Gasteiger partial charge in [-0.05, 0) is 19.1 Å². The molecule has 1 nitrogen and oxygen atoms in total. The second-order valence-electron chi connectivity index (χ2n) is 2.87. The summed E-state index contributed by atoms with van der Waals surface area (Å²) in [6.07, 6.45) is 2.43. The normalized spacial score (nSPS) is 13.9. The van der Waals surface area contributed by atoms with Crippen molar-refractivity contribution in [2.45, 2.75) is 33.2 Å². The molecule has 0 amide bonds. The summed E-state index contributed by atoms with van der Waals surface area (Å²) in [6, 6.07) is 1.28. The average molecular weight is 194 g/mol. The molecule has 0 N–H and O–H groups in total. The Balaban J connectivity index is 3.44. The molecular formula is C8H20ClNSi. The molecule has 11 heavy (non-hydrogen) atoms. The standard InChI is InChI=1S/C8H20ClNSi/c1-4-7-11(9)8-10(5-2)6-3/h11H,4-8H2,1-3H3. The van der Waals surface area contributed by atoms with E-state index in [-0.39, 0.29) is 0 Å². The van der Waals surface area contributed by atoms with Crippen LogP contribution in [0.3, 0.4) is 0 Å². The molecule has 0 aliphatic heterocycles. The lowest BCUT2D eigenvalue weighted by molar-refractivity contribution is 0.351. The number of rotatable bonds is 6. The lowest BCUT2D eigenvalue weighted by Crippen LogP contribution is -2.31. The van der Waals surface area contributed by atoms with E-state index < -0.39 is 8.11 Å². The Hall–Kier alpha value is 0.467. The summed E-state index contributed by atoms with van der Waals surface area (Å²) in [5.41, 5.74) is 0. The van der Waals surface area contributed by atoms with E-state index in [1.807, 2.05) is 0 Å². The highest BCUT2D eigenvalue weighted by molar-refractivity contribution is 7.07. The molecule has 0 spiro atoms. The van der Waals surface area contributed by atoms with Crippen LogP contribution in [0.2, 0.25) is 6.04 Å². The Bertz CT molecular complexity index is 86.2. The van der Waals surface area contributed by atoms with Gasteiger partial charge in [0.25, 0.3) is 0 Å². The molecule has 68 valence electrons. The van der Waals surface area contributed by atoms with Crippen molar-refractivity contribution in [3.8, 4) is 0 Å². The highest BCUT2D eigenvalue weighted by Crippen LogP contribution is 2.03. The van der Waals surface area contributed by atoms with Crippen LogP contribution in [0.5, 0.6) is 0 Å². The zero-order valence-corrected chi connectivity index (χ0v) is 9.85. The first kappa shape index (κ1) is 11.5. The molecule has 0 radical (unpaired) electrons. The maximum Gasteiger partial charge on any atom is 0.154 e. The van der Waals surface area contributed by atoms with Crippen molar-refractivity contribution < 1.29 is 0 Å². The van der Waals surface area contributed by atoms with E-state index in [4.69, 9.17) is 11.1 Å². The van der Waals surface area contributed by atoms with Gasteiger partial charge in [0.1, 0.15) is 0 Å². The summed E-state index contributed by atoms with van der Waals surface area (Å²) in [6.45, 7) is 8.92. The van der Waals surface area contributed by atoms with E-state index in [1.54, 1.807) is 0 Å². The van der Waals surface area contributed by atoms with Gasteiger partial charge in [-0.15, -0.1) is 0 Å². The molecule has 0 aliphatic rings. The summed E-state index contributed by atoms with van der Waals surface area (Å²) in [5, 5.41) is 0. The fraction of sp³-hybridized carbons (Fsp3) is 1.00. The minimum absolute atomic E-state index is 0.897. The Morgan fingerprint density at radius 2 is 1.73 bits per heavy atom. The Kier molecular flexibility index (Phi) is 7.44. The first-order valence-electron chi connectivity index (χ1n) is 4.60. The largest absolute Gasteiger partial charge is 0.306 e. The SMILES string of the molecule is CCC[SiH](Cl)CN(CC)CC. The zero-order chi connectivity index (χ0) is 8.69. The molecule has 0 bridgehead atoms. The Labute approximate surface area is 77.0 Å². The van der Waals surface area contributed by atoms with E-state index in [1.165, 1.54) is 18.6 Å². The second kappa shape index (κ2) is 7.13. The van der Waals surface area contributed by atoms with Crippen LogP contribution in [-0.4, -0.2) is 32.3 Å².